The number of carbonyl (C=O) groups is 1. The Labute approximate surface area is 123 Å². The van der Waals surface area contributed by atoms with E-state index >= 15 is 0 Å². The lowest BCUT2D eigenvalue weighted by molar-refractivity contribution is -0.116. The van der Waals surface area contributed by atoms with Crippen LogP contribution in [0.15, 0.2) is 47.1 Å². The van der Waals surface area contributed by atoms with Gasteiger partial charge in [-0.3, -0.25) is 4.79 Å². The molecule has 1 saturated carbocycles. The van der Waals surface area contributed by atoms with Crippen molar-refractivity contribution < 1.29 is 9.21 Å². The Balaban J connectivity index is 1.90. The molecular weight excluding hydrogens is 272 g/mol. The van der Waals surface area contributed by atoms with Crippen LogP contribution in [0.25, 0.3) is 0 Å². The van der Waals surface area contributed by atoms with Crippen LogP contribution >= 0.6 is 11.6 Å². The number of furan rings is 1. The molecule has 0 amide bonds. The first kappa shape index (κ1) is 13.4. The van der Waals surface area contributed by atoms with Gasteiger partial charge in [-0.1, -0.05) is 24.3 Å². The second-order valence-corrected chi connectivity index (χ2v) is 6.10. The van der Waals surface area contributed by atoms with Crippen LogP contribution in [-0.2, 0) is 16.6 Å². The lowest BCUT2D eigenvalue weighted by atomic mass is 9.79. The maximum Gasteiger partial charge on any atom is 0.232 e. The van der Waals surface area contributed by atoms with Crippen LogP contribution in [0.1, 0.15) is 42.6 Å². The van der Waals surface area contributed by atoms with Gasteiger partial charge in [-0.25, -0.2) is 0 Å². The van der Waals surface area contributed by atoms with Crippen molar-refractivity contribution >= 4 is 16.8 Å². The number of hydrogen-bond acceptors (Lipinski definition) is 2. The van der Waals surface area contributed by atoms with Crippen molar-refractivity contribution in [3.05, 3.63) is 59.5 Å². The summed E-state index contributed by atoms with van der Waals surface area (Å²) in [5, 5.41) is -0.354. The molecular formula is C17H17ClO2. The number of halogens is 1. The van der Waals surface area contributed by atoms with E-state index in [0.717, 1.165) is 11.3 Å². The first-order valence-corrected chi connectivity index (χ1v) is 7.30. The summed E-state index contributed by atoms with van der Waals surface area (Å²) in [6.45, 7) is 1.87. The summed E-state index contributed by atoms with van der Waals surface area (Å²) < 4.78 is 5.36. The minimum atomic E-state index is -0.749. The van der Waals surface area contributed by atoms with Crippen molar-refractivity contribution in [1.82, 2.24) is 0 Å². The summed E-state index contributed by atoms with van der Waals surface area (Å²) in [4.78, 5) is 11.9. The maximum atomic E-state index is 11.9. The minimum absolute atomic E-state index is 0.354. The van der Waals surface area contributed by atoms with Gasteiger partial charge in [0.25, 0.3) is 0 Å². The van der Waals surface area contributed by atoms with Crippen molar-refractivity contribution in [2.45, 2.75) is 37.5 Å². The second-order valence-electron chi connectivity index (χ2n) is 5.76. The molecule has 2 aromatic rings. The summed E-state index contributed by atoms with van der Waals surface area (Å²) in [6, 6.07) is 12.0. The minimum Gasteiger partial charge on any atom is -0.469 e. The van der Waals surface area contributed by atoms with Crippen LogP contribution in [0.5, 0.6) is 0 Å². The maximum absolute atomic E-state index is 11.9. The zero-order valence-corrected chi connectivity index (χ0v) is 12.2. The third-order valence-electron chi connectivity index (χ3n) is 4.14. The molecule has 1 heterocycles. The highest BCUT2D eigenvalue weighted by atomic mass is 35.5. The molecule has 0 aliphatic heterocycles. The first-order valence-electron chi connectivity index (χ1n) is 6.92. The monoisotopic (exact) mass is 288 g/mol. The van der Waals surface area contributed by atoms with Gasteiger partial charge in [0.1, 0.15) is 5.76 Å². The molecule has 1 fully saturated rings. The first-order chi connectivity index (χ1) is 9.59. The fourth-order valence-electron chi connectivity index (χ4n) is 2.59. The highest BCUT2D eigenvalue weighted by Gasteiger charge is 2.35. The molecule has 1 aromatic carbocycles. The van der Waals surface area contributed by atoms with Crippen LogP contribution < -0.4 is 0 Å². The largest absolute Gasteiger partial charge is 0.469 e. The van der Waals surface area contributed by atoms with Gasteiger partial charge >= 0.3 is 0 Å². The van der Waals surface area contributed by atoms with E-state index < -0.39 is 5.41 Å². The van der Waals surface area contributed by atoms with E-state index in [9.17, 15) is 4.79 Å². The van der Waals surface area contributed by atoms with Gasteiger partial charge in [0, 0.05) is 6.42 Å². The fraction of sp³-hybridized carbons (Fsp3) is 0.353. The van der Waals surface area contributed by atoms with Crippen LogP contribution in [0.4, 0.5) is 0 Å². The topological polar surface area (TPSA) is 30.2 Å². The normalized spacial score (nSPS) is 17.7. The van der Waals surface area contributed by atoms with Crippen LogP contribution in [0, 0.1) is 0 Å². The molecule has 1 aromatic heterocycles. The predicted octanol–water partition coefficient (Wildman–Crippen LogP) is 4.42. The van der Waals surface area contributed by atoms with Crippen LogP contribution in [0.2, 0.25) is 0 Å². The molecule has 1 aliphatic carbocycles. The van der Waals surface area contributed by atoms with E-state index in [4.69, 9.17) is 16.0 Å². The van der Waals surface area contributed by atoms with Crippen molar-refractivity contribution in [2.24, 2.45) is 0 Å². The Morgan fingerprint density at radius 3 is 2.50 bits per heavy atom. The van der Waals surface area contributed by atoms with Gasteiger partial charge in [-0.2, -0.15) is 0 Å². The van der Waals surface area contributed by atoms with Crippen molar-refractivity contribution in [3.8, 4) is 0 Å². The zero-order valence-electron chi connectivity index (χ0n) is 11.4. The van der Waals surface area contributed by atoms with Crippen molar-refractivity contribution in [3.63, 3.8) is 0 Å². The van der Waals surface area contributed by atoms with E-state index in [1.165, 1.54) is 18.4 Å². The zero-order chi connectivity index (χ0) is 14.2. The van der Waals surface area contributed by atoms with Gasteiger partial charge in [0.2, 0.25) is 5.24 Å². The van der Waals surface area contributed by atoms with E-state index in [-0.39, 0.29) is 5.24 Å². The molecule has 0 saturated heterocycles. The molecule has 0 spiro atoms. The molecule has 0 radical (unpaired) electrons. The fourth-order valence-corrected chi connectivity index (χ4v) is 2.76. The van der Waals surface area contributed by atoms with E-state index in [2.05, 4.69) is 12.1 Å². The Morgan fingerprint density at radius 2 is 2.00 bits per heavy atom. The average molecular weight is 289 g/mol. The summed E-state index contributed by atoms with van der Waals surface area (Å²) >= 11 is 5.87. The summed E-state index contributed by atoms with van der Waals surface area (Å²) in [7, 11) is 0. The Morgan fingerprint density at radius 1 is 1.30 bits per heavy atom. The third kappa shape index (κ3) is 2.53. The lowest BCUT2D eigenvalue weighted by Crippen LogP contribution is -2.31. The van der Waals surface area contributed by atoms with Crippen molar-refractivity contribution in [1.29, 1.82) is 0 Å². The Bertz CT molecular complexity index is 596. The molecule has 3 rings (SSSR count). The molecule has 1 atom stereocenters. The number of benzene rings is 1. The highest BCUT2D eigenvalue weighted by Crippen LogP contribution is 2.41. The predicted molar refractivity (Wildman–Crippen MR) is 79.0 cm³/mol. The third-order valence-corrected chi connectivity index (χ3v) is 4.56. The quantitative estimate of drug-likeness (QED) is 0.762. The number of rotatable bonds is 5. The smallest absolute Gasteiger partial charge is 0.232 e. The molecule has 0 N–H and O–H groups in total. The Hall–Kier alpha value is -1.54. The van der Waals surface area contributed by atoms with E-state index in [0.29, 0.717) is 12.3 Å². The lowest BCUT2D eigenvalue weighted by Gasteiger charge is -2.25. The van der Waals surface area contributed by atoms with Gasteiger partial charge in [0.15, 0.2) is 0 Å². The molecule has 1 aliphatic rings. The van der Waals surface area contributed by atoms with E-state index in [1.807, 2.05) is 31.2 Å². The Kier molecular flexibility index (Phi) is 3.43. The SMILES string of the molecule is CC(Cc1ccco1)(C(=O)Cl)c1ccc(C2CC2)cc1. The van der Waals surface area contributed by atoms with Crippen LogP contribution in [-0.4, -0.2) is 5.24 Å². The van der Waals surface area contributed by atoms with Gasteiger partial charge in [-0.05, 0) is 60.5 Å². The molecule has 104 valence electrons. The summed E-state index contributed by atoms with van der Waals surface area (Å²) in [5.74, 6) is 1.49. The number of hydrogen-bond donors (Lipinski definition) is 0. The average Bonchev–Trinajstić information content (AvgIpc) is 3.18. The highest BCUT2D eigenvalue weighted by molar-refractivity contribution is 6.65. The second kappa shape index (κ2) is 5.10. The molecule has 1 unspecified atom stereocenters. The molecule has 2 nitrogen and oxygen atoms in total. The van der Waals surface area contributed by atoms with Crippen LogP contribution in [0.3, 0.4) is 0 Å². The van der Waals surface area contributed by atoms with Gasteiger partial charge in [-0.15, -0.1) is 0 Å². The molecule has 20 heavy (non-hydrogen) atoms. The summed E-state index contributed by atoms with van der Waals surface area (Å²) in [6.07, 6.45) is 4.64. The summed E-state index contributed by atoms with van der Waals surface area (Å²) in [5.41, 5.74) is 1.55. The molecule has 3 heteroatoms. The molecule has 0 bridgehead atoms. The number of carbonyl (C=O) groups excluding carboxylic acids is 1. The van der Waals surface area contributed by atoms with Crippen molar-refractivity contribution in [2.75, 3.05) is 0 Å². The van der Waals surface area contributed by atoms with E-state index in [1.54, 1.807) is 6.26 Å². The standard InChI is InChI=1S/C17H17ClO2/c1-17(16(18)19,11-15-3-2-10-20-15)14-8-6-13(7-9-14)12-4-5-12/h2-3,6-10,12H,4-5,11H2,1H3. The van der Waals surface area contributed by atoms with Gasteiger partial charge in [0.05, 0.1) is 11.7 Å². The van der Waals surface area contributed by atoms with Gasteiger partial charge < -0.3 is 4.42 Å².